The van der Waals surface area contributed by atoms with Crippen molar-refractivity contribution in [2.75, 3.05) is 33.4 Å². The van der Waals surface area contributed by atoms with Crippen LogP contribution in [0, 0.1) is 11.6 Å². The molecular weight excluding hydrogens is 378 g/mol. The van der Waals surface area contributed by atoms with Gasteiger partial charge in [-0.3, -0.25) is 9.69 Å². The summed E-state index contributed by atoms with van der Waals surface area (Å²) in [6.07, 6.45) is 0.240. The Kier molecular flexibility index (Phi) is 5.52. The molecule has 2 heterocycles. The number of carbonyl (C=O) groups is 1. The minimum atomic E-state index is -0.879. The van der Waals surface area contributed by atoms with Crippen molar-refractivity contribution in [1.29, 1.82) is 0 Å². The van der Waals surface area contributed by atoms with Crippen molar-refractivity contribution in [3.05, 3.63) is 65.2 Å². The van der Waals surface area contributed by atoms with Crippen LogP contribution in [-0.2, 0) is 16.1 Å². The lowest BCUT2D eigenvalue weighted by molar-refractivity contribution is -0.122. The molecule has 7 heteroatoms. The molecule has 0 saturated carbocycles. The topological polar surface area (TPSA) is 50.8 Å². The lowest BCUT2D eigenvalue weighted by atomic mass is 9.81. The monoisotopic (exact) mass is 402 g/mol. The van der Waals surface area contributed by atoms with Crippen LogP contribution in [0.4, 0.5) is 8.78 Å². The largest absolute Gasteiger partial charge is 0.497 e. The Morgan fingerprint density at radius 2 is 2.00 bits per heavy atom. The van der Waals surface area contributed by atoms with E-state index in [1.54, 1.807) is 7.11 Å². The molecule has 29 heavy (non-hydrogen) atoms. The van der Waals surface area contributed by atoms with Gasteiger partial charge in [0, 0.05) is 37.5 Å². The van der Waals surface area contributed by atoms with E-state index in [1.165, 1.54) is 18.2 Å². The normalized spacial score (nSPS) is 25.1. The molecule has 1 amide bonds. The van der Waals surface area contributed by atoms with E-state index in [9.17, 15) is 13.6 Å². The lowest BCUT2D eigenvalue weighted by Gasteiger charge is -2.34. The van der Waals surface area contributed by atoms with Crippen LogP contribution >= 0.6 is 0 Å². The fourth-order valence-electron chi connectivity index (χ4n) is 4.44. The SMILES string of the molecule is COc1cccc(CN2C[C@@H](c3c(F)cccc3F)[C@@]3(COCCC(=O)N3)C2)c1. The second-order valence-electron chi connectivity index (χ2n) is 7.72. The first-order chi connectivity index (χ1) is 14.0. The van der Waals surface area contributed by atoms with Crippen molar-refractivity contribution >= 4 is 5.91 Å². The zero-order valence-corrected chi connectivity index (χ0v) is 16.3. The summed E-state index contributed by atoms with van der Waals surface area (Å²) in [5.74, 6) is -1.17. The molecule has 1 N–H and O–H groups in total. The van der Waals surface area contributed by atoms with E-state index in [0.717, 1.165) is 11.3 Å². The highest BCUT2D eigenvalue weighted by Crippen LogP contribution is 2.40. The van der Waals surface area contributed by atoms with Crippen molar-refractivity contribution < 1.29 is 23.0 Å². The van der Waals surface area contributed by atoms with Gasteiger partial charge in [-0.2, -0.15) is 0 Å². The quantitative estimate of drug-likeness (QED) is 0.855. The number of hydrogen-bond acceptors (Lipinski definition) is 4. The standard InChI is InChI=1S/C22H24F2N2O3/c1-28-16-5-2-4-15(10-16)11-26-12-17(21-18(23)6-3-7-19(21)24)22(13-26)14-29-9-8-20(27)25-22/h2-7,10,17H,8-9,11-14H2,1H3,(H,25,27)/t17-,22-/m0/s1. The van der Waals surface area contributed by atoms with Gasteiger partial charge in [0.15, 0.2) is 0 Å². The fraction of sp³-hybridized carbons (Fsp3) is 0.409. The first-order valence-electron chi connectivity index (χ1n) is 9.69. The van der Waals surface area contributed by atoms with Gasteiger partial charge in [-0.05, 0) is 29.8 Å². The Morgan fingerprint density at radius 1 is 1.24 bits per heavy atom. The number of carbonyl (C=O) groups excluding carboxylic acids is 1. The molecule has 4 rings (SSSR count). The lowest BCUT2D eigenvalue weighted by Crippen LogP contribution is -2.55. The van der Waals surface area contributed by atoms with Crippen LogP contribution in [-0.4, -0.2) is 49.8 Å². The molecule has 0 bridgehead atoms. The Balaban J connectivity index is 1.68. The zero-order valence-electron chi connectivity index (χ0n) is 16.3. The van der Waals surface area contributed by atoms with Crippen LogP contribution < -0.4 is 10.1 Å². The predicted octanol–water partition coefficient (Wildman–Crippen LogP) is 2.85. The average Bonchev–Trinajstić information content (AvgIpc) is 2.90. The molecule has 1 spiro atoms. The Hall–Kier alpha value is -2.51. The summed E-state index contributed by atoms with van der Waals surface area (Å²) in [6.45, 7) is 1.93. The summed E-state index contributed by atoms with van der Waals surface area (Å²) in [5.41, 5.74) is 0.150. The molecule has 0 aromatic heterocycles. The van der Waals surface area contributed by atoms with Gasteiger partial charge in [0.2, 0.25) is 5.91 Å². The van der Waals surface area contributed by atoms with Crippen molar-refractivity contribution in [2.24, 2.45) is 0 Å². The summed E-state index contributed by atoms with van der Waals surface area (Å²) >= 11 is 0. The number of likely N-dealkylation sites (tertiary alicyclic amines) is 1. The van der Waals surface area contributed by atoms with E-state index in [2.05, 4.69) is 10.2 Å². The van der Waals surface area contributed by atoms with E-state index >= 15 is 0 Å². The number of hydrogen-bond donors (Lipinski definition) is 1. The minimum Gasteiger partial charge on any atom is -0.497 e. The highest BCUT2D eigenvalue weighted by molar-refractivity contribution is 5.77. The van der Waals surface area contributed by atoms with Gasteiger partial charge >= 0.3 is 0 Å². The number of nitrogens with one attached hydrogen (secondary N) is 1. The van der Waals surface area contributed by atoms with E-state index in [1.807, 2.05) is 24.3 Å². The van der Waals surface area contributed by atoms with Gasteiger partial charge in [0.25, 0.3) is 0 Å². The third-order valence-electron chi connectivity index (χ3n) is 5.72. The predicted molar refractivity (Wildman–Crippen MR) is 104 cm³/mol. The molecular formula is C22H24F2N2O3. The van der Waals surface area contributed by atoms with Crippen LogP contribution in [0.3, 0.4) is 0 Å². The molecule has 2 aromatic carbocycles. The molecule has 2 fully saturated rings. The van der Waals surface area contributed by atoms with Crippen molar-refractivity contribution in [3.63, 3.8) is 0 Å². The third-order valence-corrected chi connectivity index (χ3v) is 5.72. The van der Waals surface area contributed by atoms with Gasteiger partial charge in [-0.15, -0.1) is 0 Å². The molecule has 0 unspecified atom stereocenters. The molecule has 5 nitrogen and oxygen atoms in total. The van der Waals surface area contributed by atoms with Crippen LogP contribution in [0.5, 0.6) is 5.75 Å². The van der Waals surface area contributed by atoms with E-state index < -0.39 is 23.1 Å². The summed E-state index contributed by atoms with van der Waals surface area (Å²) in [5, 5.41) is 3.03. The number of amides is 1. The molecule has 2 aliphatic heterocycles. The van der Waals surface area contributed by atoms with Crippen molar-refractivity contribution in [1.82, 2.24) is 10.2 Å². The first-order valence-corrected chi connectivity index (χ1v) is 9.69. The summed E-state index contributed by atoms with van der Waals surface area (Å²) < 4.78 is 40.3. The first kappa shape index (κ1) is 19.8. The molecule has 2 aliphatic rings. The number of benzene rings is 2. The summed E-state index contributed by atoms with van der Waals surface area (Å²) in [7, 11) is 1.61. The highest BCUT2D eigenvalue weighted by atomic mass is 19.1. The minimum absolute atomic E-state index is 0.00597. The Bertz CT molecular complexity index is 887. The van der Waals surface area contributed by atoms with E-state index in [-0.39, 0.29) is 24.5 Å². The second-order valence-corrected chi connectivity index (χ2v) is 7.72. The number of methoxy groups -OCH3 is 1. The van der Waals surface area contributed by atoms with Gasteiger partial charge < -0.3 is 14.8 Å². The molecule has 0 aliphatic carbocycles. The molecule has 154 valence electrons. The van der Waals surface area contributed by atoms with Crippen molar-refractivity contribution in [3.8, 4) is 5.75 Å². The maximum Gasteiger partial charge on any atom is 0.222 e. The van der Waals surface area contributed by atoms with Crippen LogP contribution in [0.1, 0.15) is 23.5 Å². The van der Waals surface area contributed by atoms with Crippen LogP contribution in [0.25, 0.3) is 0 Å². The third kappa shape index (κ3) is 3.97. The number of rotatable bonds is 4. The van der Waals surface area contributed by atoms with Gasteiger partial charge in [-0.25, -0.2) is 8.78 Å². The highest BCUT2D eigenvalue weighted by Gasteiger charge is 2.51. The maximum atomic E-state index is 14.7. The van der Waals surface area contributed by atoms with Gasteiger partial charge in [0.05, 0.1) is 25.9 Å². The fourth-order valence-corrected chi connectivity index (χ4v) is 4.44. The Morgan fingerprint density at radius 3 is 2.76 bits per heavy atom. The van der Waals surface area contributed by atoms with Crippen LogP contribution in [0.15, 0.2) is 42.5 Å². The smallest absolute Gasteiger partial charge is 0.222 e. The summed E-state index contributed by atoms with van der Waals surface area (Å²) in [6, 6.07) is 11.6. The molecule has 2 atom stereocenters. The summed E-state index contributed by atoms with van der Waals surface area (Å²) in [4.78, 5) is 14.4. The van der Waals surface area contributed by atoms with Crippen molar-refractivity contribution in [2.45, 2.75) is 24.4 Å². The number of halogens is 2. The van der Waals surface area contributed by atoms with Gasteiger partial charge in [-0.1, -0.05) is 18.2 Å². The average molecular weight is 402 g/mol. The van der Waals surface area contributed by atoms with E-state index in [4.69, 9.17) is 9.47 Å². The molecule has 2 aromatic rings. The number of ether oxygens (including phenoxy) is 2. The van der Waals surface area contributed by atoms with Gasteiger partial charge in [0.1, 0.15) is 17.4 Å². The maximum absolute atomic E-state index is 14.7. The number of nitrogens with zero attached hydrogens (tertiary/aromatic N) is 1. The second kappa shape index (κ2) is 8.08. The van der Waals surface area contributed by atoms with E-state index in [0.29, 0.717) is 26.2 Å². The molecule has 0 radical (unpaired) electrons. The Labute approximate surface area is 168 Å². The zero-order chi connectivity index (χ0) is 20.4. The molecule has 2 saturated heterocycles. The van der Waals surface area contributed by atoms with Crippen LogP contribution in [0.2, 0.25) is 0 Å².